The molecule has 5 heteroatoms. The van der Waals surface area contributed by atoms with Gasteiger partial charge in [-0.15, -0.1) is 0 Å². The molecule has 0 aliphatic rings. The van der Waals surface area contributed by atoms with E-state index in [-0.39, 0.29) is 11.9 Å². The van der Waals surface area contributed by atoms with E-state index in [2.05, 4.69) is 5.32 Å². The van der Waals surface area contributed by atoms with E-state index in [1.54, 1.807) is 25.9 Å². The molecule has 0 bridgehead atoms. The minimum Gasteiger partial charge on any atom is -0.347 e. The summed E-state index contributed by atoms with van der Waals surface area (Å²) >= 11 is 0. The van der Waals surface area contributed by atoms with Crippen LogP contribution in [0.1, 0.15) is 20.8 Å². The molecule has 0 rings (SSSR count). The monoisotopic (exact) mass is 215 g/mol. The van der Waals surface area contributed by atoms with Crippen LogP contribution in [0.5, 0.6) is 0 Å². The van der Waals surface area contributed by atoms with Gasteiger partial charge in [-0.25, -0.2) is 4.79 Å². The summed E-state index contributed by atoms with van der Waals surface area (Å²) < 4.78 is 0. The molecule has 1 N–H and O–H groups in total. The van der Waals surface area contributed by atoms with Crippen LogP contribution in [0.15, 0.2) is 0 Å². The van der Waals surface area contributed by atoms with Crippen molar-refractivity contribution in [3.63, 3.8) is 0 Å². The zero-order valence-electron chi connectivity index (χ0n) is 10.2. The summed E-state index contributed by atoms with van der Waals surface area (Å²) in [6.07, 6.45) is 0. The van der Waals surface area contributed by atoms with Crippen molar-refractivity contribution in [2.45, 2.75) is 26.8 Å². The maximum absolute atomic E-state index is 11.6. The van der Waals surface area contributed by atoms with E-state index >= 15 is 0 Å². The van der Waals surface area contributed by atoms with Crippen LogP contribution in [0.25, 0.3) is 0 Å². The van der Waals surface area contributed by atoms with Crippen LogP contribution in [0.3, 0.4) is 0 Å². The summed E-state index contributed by atoms with van der Waals surface area (Å²) in [5.74, 6) is -0.101. The molecule has 0 spiro atoms. The zero-order chi connectivity index (χ0) is 12.0. The Balaban J connectivity index is 4.23. The zero-order valence-corrected chi connectivity index (χ0v) is 10.2. The number of amides is 3. The molecule has 1 atom stereocenters. The van der Waals surface area contributed by atoms with Crippen molar-refractivity contribution in [3.05, 3.63) is 0 Å². The number of nitrogens with one attached hydrogen (secondary N) is 1. The van der Waals surface area contributed by atoms with Gasteiger partial charge in [0, 0.05) is 27.2 Å². The highest BCUT2D eigenvalue weighted by Crippen LogP contribution is 1.93. The van der Waals surface area contributed by atoms with Crippen molar-refractivity contribution in [3.8, 4) is 0 Å². The van der Waals surface area contributed by atoms with Gasteiger partial charge in [-0.2, -0.15) is 0 Å². The maximum atomic E-state index is 11.6. The molecule has 0 aliphatic carbocycles. The second-order valence-corrected chi connectivity index (χ2v) is 3.58. The van der Waals surface area contributed by atoms with Crippen molar-refractivity contribution in [1.82, 2.24) is 15.1 Å². The van der Waals surface area contributed by atoms with Gasteiger partial charge in [0.2, 0.25) is 5.91 Å². The molecular weight excluding hydrogens is 194 g/mol. The average Bonchev–Trinajstić information content (AvgIpc) is 2.18. The van der Waals surface area contributed by atoms with Crippen molar-refractivity contribution < 1.29 is 9.59 Å². The van der Waals surface area contributed by atoms with Crippen molar-refractivity contribution >= 4 is 11.9 Å². The van der Waals surface area contributed by atoms with Crippen LogP contribution in [0, 0.1) is 0 Å². The summed E-state index contributed by atoms with van der Waals surface area (Å²) in [6, 6.07) is -0.671. The molecular formula is C10H21N3O2. The first-order valence-electron chi connectivity index (χ1n) is 5.20. The summed E-state index contributed by atoms with van der Waals surface area (Å²) in [6.45, 7) is 6.78. The Morgan fingerprint density at radius 2 is 1.67 bits per heavy atom. The van der Waals surface area contributed by atoms with E-state index in [9.17, 15) is 9.59 Å². The van der Waals surface area contributed by atoms with Gasteiger partial charge < -0.3 is 15.1 Å². The lowest BCUT2D eigenvalue weighted by Gasteiger charge is -2.23. The molecule has 1 unspecified atom stereocenters. The van der Waals surface area contributed by atoms with Gasteiger partial charge in [0.25, 0.3) is 0 Å². The predicted octanol–water partition coefficient (Wildman–Crippen LogP) is 0.515. The Bertz CT molecular complexity index is 225. The SMILES string of the molecule is CCN(CC)C(=O)NC(C)C(=O)N(C)C. The minimum absolute atomic E-state index is 0.101. The van der Waals surface area contributed by atoms with Gasteiger partial charge in [0.15, 0.2) is 0 Å². The second kappa shape index (κ2) is 6.27. The van der Waals surface area contributed by atoms with Gasteiger partial charge in [0.1, 0.15) is 6.04 Å². The number of hydrogen-bond acceptors (Lipinski definition) is 2. The van der Waals surface area contributed by atoms with Crippen LogP contribution in [0.2, 0.25) is 0 Å². The smallest absolute Gasteiger partial charge is 0.318 e. The van der Waals surface area contributed by atoms with Crippen LogP contribution >= 0.6 is 0 Å². The maximum Gasteiger partial charge on any atom is 0.318 e. The summed E-state index contributed by atoms with van der Waals surface area (Å²) in [5.41, 5.74) is 0. The molecule has 0 heterocycles. The molecule has 5 nitrogen and oxygen atoms in total. The third-order valence-corrected chi connectivity index (χ3v) is 2.20. The number of carbonyl (C=O) groups excluding carboxylic acids is 2. The predicted molar refractivity (Wildman–Crippen MR) is 59.6 cm³/mol. The van der Waals surface area contributed by atoms with Crippen LogP contribution in [-0.2, 0) is 4.79 Å². The highest BCUT2D eigenvalue weighted by Gasteiger charge is 2.19. The number of urea groups is 1. The highest BCUT2D eigenvalue weighted by atomic mass is 16.2. The largest absolute Gasteiger partial charge is 0.347 e. The lowest BCUT2D eigenvalue weighted by molar-refractivity contribution is -0.130. The third-order valence-electron chi connectivity index (χ3n) is 2.20. The van der Waals surface area contributed by atoms with E-state index in [4.69, 9.17) is 0 Å². The molecule has 0 aliphatic heterocycles. The fourth-order valence-electron chi connectivity index (χ4n) is 1.24. The summed E-state index contributed by atoms with van der Waals surface area (Å²) in [7, 11) is 3.34. The molecule has 0 saturated heterocycles. The Morgan fingerprint density at radius 3 is 2.00 bits per heavy atom. The van der Waals surface area contributed by atoms with Gasteiger partial charge >= 0.3 is 6.03 Å². The molecule has 0 aromatic carbocycles. The first-order chi connectivity index (χ1) is 6.93. The first kappa shape index (κ1) is 13.7. The molecule has 0 aromatic rings. The van der Waals surface area contributed by atoms with E-state index in [1.807, 2.05) is 13.8 Å². The quantitative estimate of drug-likeness (QED) is 0.743. The number of hydrogen-bond donors (Lipinski definition) is 1. The Labute approximate surface area is 91.4 Å². The molecule has 0 fully saturated rings. The third kappa shape index (κ3) is 4.18. The topological polar surface area (TPSA) is 52.7 Å². The van der Waals surface area contributed by atoms with Crippen LogP contribution in [-0.4, -0.2) is 55.0 Å². The van der Waals surface area contributed by atoms with Crippen molar-refractivity contribution in [2.75, 3.05) is 27.2 Å². The lowest BCUT2D eigenvalue weighted by Crippen LogP contribution is -2.49. The van der Waals surface area contributed by atoms with Gasteiger partial charge in [0.05, 0.1) is 0 Å². The van der Waals surface area contributed by atoms with Gasteiger partial charge in [-0.05, 0) is 20.8 Å². The normalized spacial score (nSPS) is 11.8. The Kier molecular flexibility index (Phi) is 5.74. The fourth-order valence-corrected chi connectivity index (χ4v) is 1.24. The molecule has 3 amide bonds. The average molecular weight is 215 g/mol. The van der Waals surface area contributed by atoms with Crippen molar-refractivity contribution in [1.29, 1.82) is 0 Å². The highest BCUT2D eigenvalue weighted by molar-refractivity contribution is 5.86. The molecule has 0 saturated carbocycles. The van der Waals surface area contributed by atoms with Gasteiger partial charge in [-0.3, -0.25) is 4.79 Å². The standard InChI is InChI=1S/C10H21N3O2/c1-6-13(7-2)10(15)11-8(3)9(14)12(4)5/h8H,6-7H2,1-5H3,(H,11,15). The van der Waals surface area contributed by atoms with E-state index in [0.717, 1.165) is 0 Å². The molecule has 88 valence electrons. The first-order valence-corrected chi connectivity index (χ1v) is 5.20. The molecule has 0 radical (unpaired) electrons. The van der Waals surface area contributed by atoms with Gasteiger partial charge in [-0.1, -0.05) is 0 Å². The second-order valence-electron chi connectivity index (χ2n) is 3.58. The van der Waals surface area contributed by atoms with Crippen molar-refractivity contribution in [2.24, 2.45) is 0 Å². The Morgan fingerprint density at radius 1 is 1.20 bits per heavy atom. The number of rotatable bonds is 4. The number of carbonyl (C=O) groups is 2. The Hall–Kier alpha value is -1.26. The lowest BCUT2D eigenvalue weighted by atomic mass is 10.3. The number of nitrogens with zero attached hydrogens (tertiary/aromatic N) is 2. The fraction of sp³-hybridized carbons (Fsp3) is 0.800. The summed E-state index contributed by atoms with van der Waals surface area (Å²) in [5, 5.41) is 2.66. The van der Waals surface area contributed by atoms with Crippen LogP contribution in [0.4, 0.5) is 4.79 Å². The minimum atomic E-state index is -0.479. The summed E-state index contributed by atoms with van der Waals surface area (Å²) in [4.78, 5) is 26.2. The van der Waals surface area contributed by atoms with E-state index in [0.29, 0.717) is 13.1 Å². The van der Waals surface area contributed by atoms with Crippen LogP contribution < -0.4 is 5.32 Å². The van der Waals surface area contributed by atoms with E-state index in [1.165, 1.54) is 4.90 Å². The molecule has 15 heavy (non-hydrogen) atoms. The van der Waals surface area contributed by atoms with E-state index < -0.39 is 6.04 Å². The molecule has 0 aromatic heterocycles. The number of likely N-dealkylation sites (N-methyl/N-ethyl adjacent to an activating group) is 1.